The molecule has 0 fully saturated rings. The van der Waals surface area contributed by atoms with Crippen molar-refractivity contribution in [1.29, 1.82) is 0 Å². The summed E-state index contributed by atoms with van der Waals surface area (Å²) in [5.41, 5.74) is -0.236. The summed E-state index contributed by atoms with van der Waals surface area (Å²) in [6.07, 6.45) is -0.439. The molecule has 1 aromatic heterocycles. The van der Waals surface area contributed by atoms with Crippen molar-refractivity contribution >= 4 is 11.8 Å². The van der Waals surface area contributed by atoms with Crippen LogP contribution in [0.2, 0.25) is 0 Å². The van der Waals surface area contributed by atoms with Gasteiger partial charge in [0.05, 0.1) is 6.10 Å². The molecule has 6 nitrogen and oxygen atoms in total. The molecule has 1 unspecified atom stereocenters. The van der Waals surface area contributed by atoms with Crippen molar-refractivity contribution in [3.8, 4) is 0 Å². The van der Waals surface area contributed by atoms with Gasteiger partial charge in [-0.05, 0) is 12.5 Å². The van der Waals surface area contributed by atoms with Crippen LogP contribution in [0.4, 0.5) is 0 Å². The van der Waals surface area contributed by atoms with Gasteiger partial charge in [0.15, 0.2) is 5.16 Å². The lowest BCUT2D eigenvalue weighted by Gasteiger charge is -2.12. The number of aliphatic hydroxyl groups excluding tert-OH is 1. The third-order valence-electron chi connectivity index (χ3n) is 2.18. The molecule has 17 heavy (non-hydrogen) atoms. The molecular weight excluding hydrogens is 240 g/mol. The minimum atomic E-state index is -0.439. The van der Waals surface area contributed by atoms with Crippen LogP contribution in [-0.2, 0) is 7.05 Å². The van der Waals surface area contributed by atoms with E-state index in [4.69, 9.17) is 0 Å². The zero-order valence-electron chi connectivity index (χ0n) is 10.4. The van der Waals surface area contributed by atoms with Gasteiger partial charge in [-0.1, -0.05) is 25.6 Å². The molecule has 3 N–H and O–H groups in total. The molecule has 0 bridgehead atoms. The summed E-state index contributed by atoms with van der Waals surface area (Å²) in [6.45, 7) is 5.69. The quantitative estimate of drug-likeness (QED) is 0.592. The summed E-state index contributed by atoms with van der Waals surface area (Å²) >= 11 is 1.37. The Balaban J connectivity index is 2.26. The van der Waals surface area contributed by atoms with E-state index in [1.165, 1.54) is 16.3 Å². The average Bonchev–Trinajstić information content (AvgIpc) is 2.57. The number of hydrogen-bond donors (Lipinski definition) is 3. The monoisotopic (exact) mass is 260 g/mol. The fourth-order valence-corrected chi connectivity index (χ4v) is 2.08. The van der Waals surface area contributed by atoms with Crippen molar-refractivity contribution in [3.63, 3.8) is 0 Å². The molecule has 0 aromatic carbocycles. The Morgan fingerprint density at radius 1 is 1.53 bits per heavy atom. The summed E-state index contributed by atoms with van der Waals surface area (Å²) in [5, 5.41) is 19.7. The van der Waals surface area contributed by atoms with E-state index in [1.807, 2.05) is 0 Å². The molecular formula is C10H20N4O2S. The van der Waals surface area contributed by atoms with Crippen LogP contribution >= 0.6 is 11.8 Å². The molecule has 0 radical (unpaired) electrons. The predicted molar refractivity (Wildman–Crippen MR) is 68.3 cm³/mol. The maximum atomic E-state index is 11.1. The molecule has 0 aliphatic heterocycles. The second kappa shape index (κ2) is 6.83. The number of nitrogens with zero attached hydrogens (tertiary/aromatic N) is 2. The van der Waals surface area contributed by atoms with Crippen LogP contribution in [0.1, 0.15) is 13.8 Å². The molecule has 1 heterocycles. The van der Waals surface area contributed by atoms with Crippen LogP contribution < -0.4 is 11.0 Å². The molecule has 98 valence electrons. The third kappa shape index (κ3) is 4.93. The van der Waals surface area contributed by atoms with Gasteiger partial charge in [0.2, 0.25) is 0 Å². The minimum Gasteiger partial charge on any atom is -0.391 e. The predicted octanol–water partition coefficient (Wildman–Crippen LogP) is -0.193. The number of rotatable bonds is 7. The minimum absolute atomic E-state index is 0.236. The molecule has 0 saturated heterocycles. The highest BCUT2D eigenvalue weighted by molar-refractivity contribution is 7.99. The second-order valence-electron chi connectivity index (χ2n) is 4.39. The van der Waals surface area contributed by atoms with Crippen molar-refractivity contribution in [3.05, 3.63) is 10.5 Å². The molecule has 0 aliphatic carbocycles. The Morgan fingerprint density at radius 2 is 2.24 bits per heavy atom. The molecule has 0 amide bonds. The van der Waals surface area contributed by atoms with Gasteiger partial charge < -0.3 is 10.4 Å². The van der Waals surface area contributed by atoms with Crippen LogP contribution in [0.25, 0.3) is 0 Å². The van der Waals surface area contributed by atoms with Gasteiger partial charge in [0, 0.05) is 19.3 Å². The maximum Gasteiger partial charge on any atom is 0.343 e. The number of aromatic amines is 1. The Kier molecular flexibility index (Phi) is 5.73. The van der Waals surface area contributed by atoms with Crippen molar-refractivity contribution in [1.82, 2.24) is 20.1 Å². The zero-order chi connectivity index (χ0) is 12.8. The summed E-state index contributed by atoms with van der Waals surface area (Å²) in [7, 11) is 1.65. The molecule has 1 rings (SSSR count). The number of H-pyrrole nitrogens is 1. The molecule has 0 aliphatic rings. The van der Waals surface area contributed by atoms with E-state index in [0.29, 0.717) is 23.4 Å². The average molecular weight is 260 g/mol. The molecule has 7 heteroatoms. The SMILES string of the molecule is CC(C)CNCC(O)CSc1n[nH]c(=O)n1C. The summed E-state index contributed by atoms with van der Waals surface area (Å²) in [5.74, 6) is 1.09. The summed E-state index contributed by atoms with van der Waals surface area (Å²) in [4.78, 5) is 11.1. The Labute approximate surface area is 105 Å². The van der Waals surface area contributed by atoms with Gasteiger partial charge >= 0.3 is 5.69 Å². The first-order chi connectivity index (χ1) is 8.00. The van der Waals surface area contributed by atoms with Crippen molar-refractivity contribution in [2.45, 2.75) is 25.1 Å². The molecule has 0 spiro atoms. The van der Waals surface area contributed by atoms with Crippen molar-refractivity contribution in [2.75, 3.05) is 18.8 Å². The van der Waals surface area contributed by atoms with Gasteiger partial charge in [-0.25, -0.2) is 9.89 Å². The number of thioether (sulfide) groups is 1. The largest absolute Gasteiger partial charge is 0.391 e. The highest BCUT2D eigenvalue weighted by Crippen LogP contribution is 2.12. The zero-order valence-corrected chi connectivity index (χ0v) is 11.3. The van der Waals surface area contributed by atoms with E-state index in [9.17, 15) is 9.90 Å². The van der Waals surface area contributed by atoms with E-state index in [0.717, 1.165) is 6.54 Å². The van der Waals surface area contributed by atoms with Crippen molar-refractivity contribution < 1.29 is 5.11 Å². The first-order valence-corrected chi connectivity index (χ1v) is 6.62. The van der Waals surface area contributed by atoms with Crippen LogP contribution in [0.3, 0.4) is 0 Å². The first-order valence-electron chi connectivity index (χ1n) is 5.63. The Morgan fingerprint density at radius 3 is 2.76 bits per heavy atom. The number of aromatic nitrogens is 3. The Hall–Kier alpha value is -0.790. The van der Waals surface area contributed by atoms with E-state index in [-0.39, 0.29) is 5.69 Å². The maximum absolute atomic E-state index is 11.1. The first kappa shape index (κ1) is 14.3. The Bertz CT molecular complexity index is 388. The fourth-order valence-electron chi connectivity index (χ4n) is 1.23. The smallest absolute Gasteiger partial charge is 0.343 e. The van der Waals surface area contributed by atoms with Crippen LogP contribution in [0, 0.1) is 5.92 Å². The summed E-state index contributed by atoms with van der Waals surface area (Å²) < 4.78 is 1.43. The van der Waals surface area contributed by atoms with Gasteiger partial charge in [-0.3, -0.25) is 4.57 Å². The topological polar surface area (TPSA) is 82.9 Å². The lowest BCUT2D eigenvalue weighted by atomic mass is 10.2. The molecule has 0 saturated carbocycles. The van der Waals surface area contributed by atoms with E-state index < -0.39 is 6.10 Å². The number of aliphatic hydroxyl groups is 1. The van der Waals surface area contributed by atoms with Crippen LogP contribution in [-0.4, -0.2) is 44.8 Å². The van der Waals surface area contributed by atoms with Gasteiger partial charge in [-0.2, -0.15) is 0 Å². The van der Waals surface area contributed by atoms with Crippen molar-refractivity contribution in [2.24, 2.45) is 13.0 Å². The van der Waals surface area contributed by atoms with Crippen LogP contribution in [0.5, 0.6) is 0 Å². The van der Waals surface area contributed by atoms with E-state index in [1.54, 1.807) is 7.05 Å². The lowest BCUT2D eigenvalue weighted by molar-refractivity contribution is 0.194. The lowest BCUT2D eigenvalue weighted by Crippen LogP contribution is -2.31. The molecule has 1 atom stereocenters. The summed E-state index contributed by atoms with van der Waals surface area (Å²) in [6, 6.07) is 0. The normalized spacial score (nSPS) is 13.2. The highest BCUT2D eigenvalue weighted by Gasteiger charge is 2.09. The fraction of sp³-hybridized carbons (Fsp3) is 0.800. The number of hydrogen-bond acceptors (Lipinski definition) is 5. The highest BCUT2D eigenvalue weighted by atomic mass is 32.2. The van der Waals surface area contributed by atoms with E-state index >= 15 is 0 Å². The number of nitrogens with one attached hydrogen (secondary N) is 2. The van der Waals surface area contributed by atoms with Gasteiger partial charge in [-0.15, -0.1) is 5.10 Å². The third-order valence-corrected chi connectivity index (χ3v) is 3.35. The standard InChI is InChI=1S/C10H20N4O2S/c1-7(2)4-11-5-8(15)6-17-10-13-12-9(16)14(10)3/h7-8,11,15H,4-6H2,1-3H3,(H,12,16). The van der Waals surface area contributed by atoms with E-state index in [2.05, 4.69) is 29.4 Å². The van der Waals surface area contributed by atoms with Gasteiger partial charge in [0.1, 0.15) is 0 Å². The molecule has 1 aromatic rings. The van der Waals surface area contributed by atoms with Gasteiger partial charge in [0.25, 0.3) is 0 Å². The second-order valence-corrected chi connectivity index (χ2v) is 5.37. The van der Waals surface area contributed by atoms with Crippen LogP contribution in [0.15, 0.2) is 9.95 Å².